The van der Waals surface area contributed by atoms with Crippen molar-refractivity contribution in [1.29, 1.82) is 0 Å². The molecule has 0 heterocycles. The van der Waals surface area contributed by atoms with Crippen LogP contribution in [0.3, 0.4) is 0 Å². The Morgan fingerprint density at radius 3 is 1.96 bits per heavy atom. The van der Waals surface area contributed by atoms with Crippen LogP contribution in [0.25, 0.3) is 0 Å². The molecule has 2 rings (SSSR count). The quantitative estimate of drug-likeness (QED) is 0.357. The van der Waals surface area contributed by atoms with Crippen molar-refractivity contribution in [3.63, 3.8) is 0 Å². The van der Waals surface area contributed by atoms with Gasteiger partial charge in [0, 0.05) is 4.75 Å². The van der Waals surface area contributed by atoms with Crippen molar-refractivity contribution in [2.75, 3.05) is 5.75 Å². The zero-order valence-electron chi connectivity index (χ0n) is 17.0. The predicted molar refractivity (Wildman–Crippen MR) is 112 cm³/mol. The molecule has 0 radical (unpaired) electrons. The predicted octanol–water partition coefficient (Wildman–Crippen LogP) is 8.25. The van der Waals surface area contributed by atoms with Crippen molar-refractivity contribution in [3.8, 4) is 0 Å². The van der Waals surface area contributed by atoms with E-state index in [0.29, 0.717) is 4.75 Å². The smallest absolute Gasteiger partial charge is 0.0132 e. The summed E-state index contributed by atoms with van der Waals surface area (Å²) in [7, 11) is 0. The molecule has 0 N–H and O–H groups in total. The number of unbranched alkanes of at least 4 members (excludes halogenated alkanes) is 4. The topological polar surface area (TPSA) is 0 Å². The SMILES string of the molecule is CCCCCSC1(C)CCC(C2CCC(CCCCC)CC2)CC1. The van der Waals surface area contributed by atoms with Gasteiger partial charge in [-0.15, -0.1) is 0 Å². The molecule has 0 spiro atoms. The Labute approximate surface area is 157 Å². The van der Waals surface area contributed by atoms with E-state index in [-0.39, 0.29) is 0 Å². The van der Waals surface area contributed by atoms with E-state index in [1.165, 1.54) is 76.4 Å². The van der Waals surface area contributed by atoms with Gasteiger partial charge in [-0.05, 0) is 68.5 Å². The van der Waals surface area contributed by atoms with Crippen molar-refractivity contribution < 1.29 is 0 Å². The van der Waals surface area contributed by atoms with Gasteiger partial charge in [-0.2, -0.15) is 11.8 Å². The highest BCUT2D eigenvalue weighted by molar-refractivity contribution is 8.00. The van der Waals surface area contributed by atoms with Gasteiger partial charge in [0.1, 0.15) is 0 Å². The lowest BCUT2D eigenvalue weighted by Gasteiger charge is -2.42. The van der Waals surface area contributed by atoms with Crippen LogP contribution in [0.15, 0.2) is 0 Å². The standard InChI is InChI=1S/C23H44S/c1-4-6-8-10-20-11-13-21(14-12-20)22-15-17-23(3,18-16-22)24-19-9-7-5-2/h20-22H,4-19H2,1-3H3. The second-order valence-corrected chi connectivity index (χ2v) is 10.8. The molecule has 0 saturated heterocycles. The van der Waals surface area contributed by atoms with Crippen LogP contribution in [0.1, 0.15) is 117 Å². The molecule has 0 atom stereocenters. The highest BCUT2D eigenvalue weighted by Crippen LogP contribution is 2.47. The minimum atomic E-state index is 0.613. The van der Waals surface area contributed by atoms with Crippen LogP contribution in [-0.4, -0.2) is 10.5 Å². The maximum atomic E-state index is 2.56. The van der Waals surface area contributed by atoms with Crippen LogP contribution in [0.5, 0.6) is 0 Å². The second-order valence-electron chi connectivity index (χ2n) is 9.12. The molecule has 2 saturated carbocycles. The van der Waals surface area contributed by atoms with E-state index in [4.69, 9.17) is 0 Å². The van der Waals surface area contributed by atoms with E-state index in [1.54, 1.807) is 25.7 Å². The zero-order chi connectivity index (χ0) is 17.3. The summed E-state index contributed by atoms with van der Waals surface area (Å²) in [6, 6.07) is 0. The zero-order valence-corrected chi connectivity index (χ0v) is 17.8. The Bertz CT molecular complexity index is 308. The summed E-state index contributed by atoms with van der Waals surface area (Å²) in [6.07, 6.45) is 22.3. The van der Waals surface area contributed by atoms with Crippen LogP contribution in [0.2, 0.25) is 0 Å². The van der Waals surface area contributed by atoms with Gasteiger partial charge >= 0.3 is 0 Å². The summed E-state index contributed by atoms with van der Waals surface area (Å²) in [5.41, 5.74) is 0. The number of hydrogen-bond donors (Lipinski definition) is 0. The molecule has 1 heteroatoms. The van der Waals surface area contributed by atoms with E-state index < -0.39 is 0 Å². The normalized spacial score (nSPS) is 34.4. The largest absolute Gasteiger partial charge is 0.155 e. The maximum Gasteiger partial charge on any atom is 0.0132 e. The van der Waals surface area contributed by atoms with E-state index >= 15 is 0 Å². The van der Waals surface area contributed by atoms with Crippen molar-refractivity contribution in [1.82, 2.24) is 0 Å². The van der Waals surface area contributed by atoms with E-state index in [2.05, 4.69) is 32.5 Å². The summed E-state index contributed by atoms with van der Waals surface area (Å²) in [6.45, 7) is 7.20. The fraction of sp³-hybridized carbons (Fsp3) is 1.00. The summed E-state index contributed by atoms with van der Waals surface area (Å²) in [5.74, 6) is 4.64. The van der Waals surface area contributed by atoms with Crippen LogP contribution in [-0.2, 0) is 0 Å². The molecule has 24 heavy (non-hydrogen) atoms. The molecule has 0 aliphatic heterocycles. The molecular formula is C23H44S. The third-order valence-electron chi connectivity index (χ3n) is 7.06. The Balaban J connectivity index is 1.62. The van der Waals surface area contributed by atoms with Crippen LogP contribution >= 0.6 is 11.8 Å². The number of hydrogen-bond acceptors (Lipinski definition) is 1. The van der Waals surface area contributed by atoms with Gasteiger partial charge in [-0.1, -0.05) is 72.1 Å². The summed E-state index contributed by atoms with van der Waals surface area (Å²) in [4.78, 5) is 0. The fourth-order valence-corrected chi connectivity index (χ4v) is 6.53. The van der Waals surface area contributed by atoms with Crippen LogP contribution < -0.4 is 0 Å². The Hall–Kier alpha value is 0.350. The number of rotatable bonds is 10. The third kappa shape index (κ3) is 6.93. The van der Waals surface area contributed by atoms with E-state index in [1.807, 2.05) is 0 Å². The summed E-state index contributed by atoms with van der Waals surface area (Å²) < 4.78 is 0.613. The molecule has 2 aliphatic carbocycles. The molecule has 0 aromatic rings. The van der Waals surface area contributed by atoms with Gasteiger partial charge < -0.3 is 0 Å². The number of thioether (sulfide) groups is 1. The molecule has 142 valence electrons. The molecule has 0 unspecified atom stereocenters. The third-order valence-corrected chi connectivity index (χ3v) is 8.66. The van der Waals surface area contributed by atoms with Crippen molar-refractivity contribution in [2.45, 2.75) is 122 Å². The first-order valence-corrected chi connectivity index (χ1v) is 12.3. The van der Waals surface area contributed by atoms with Crippen molar-refractivity contribution >= 4 is 11.8 Å². The van der Waals surface area contributed by atoms with Gasteiger partial charge in [0.25, 0.3) is 0 Å². The average molecular weight is 353 g/mol. The molecule has 0 nitrogen and oxygen atoms in total. The van der Waals surface area contributed by atoms with Crippen molar-refractivity contribution in [2.24, 2.45) is 17.8 Å². The Kier molecular flexibility index (Phi) is 9.59. The van der Waals surface area contributed by atoms with Crippen molar-refractivity contribution in [3.05, 3.63) is 0 Å². The second kappa shape index (κ2) is 11.1. The molecule has 0 aromatic carbocycles. The van der Waals surface area contributed by atoms with Gasteiger partial charge in [-0.3, -0.25) is 0 Å². The lowest BCUT2D eigenvalue weighted by atomic mass is 9.68. The summed E-state index contributed by atoms with van der Waals surface area (Å²) >= 11 is 2.30. The van der Waals surface area contributed by atoms with Gasteiger partial charge in [0.05, 0.1) is 0 Å². The minimum Gasteiger partial charge on any atom is -0.155 e. The fourth-order valence-electron chi connectivity index (χ4n) is 5.17. The molecule has 2 aliphatic rings. The first-order chi connectivity index (χ1) is 11.7. The van der Waals surface area contributed by atoms with Gasteiger partial charge in [0.15, 0.2) is 0 Å². The first kappa shape index (κ1) is 20.7. The highest BCUT2D eigenvalue weighted by atomic mass is 32.2. The average Bonchev–Trinajstić information content (AvgIpc) is 2.61. The van der Waals surface area contributed by atoms with Crippen LogP contribution in [0, 0.1) is 17.8 Å². The van der Waals surface area contributed by atoms with Gasteiger partial charge in [0.2, 0.25) is 0 Å². The van der Waals surface area contributed by atoms with E-state index in [9.17, 15) is 0 Å². The maximum absolute atomic E-state index is 2.56. The molecule has 0 bridgehead atoms. The monoisotopic (exact) mass is 352 g/mol. The Morgan fingerprint density at radius 1 is 0.750 bits per heavy atom. The first-order valence-electron chi connectivity index (χ1n) is 11.3. The van der Waals surface area contributed by atoms with E-state index in [0.717, 1.165) is 17.8 Å². The molecule has 0 aromatic heterocycles. The Morgan fingerprint density at radius 2 is 1.33 bits per heavy atom. The lowest BCUT2D eigenvalue weighted by Crippen LogP contribution is -2.32. The summed E-state index contributed by atoms with van der Waals surface area (Å²) in [5, 5.41) is 0. The lowest BCUT2D eigenvalue weighted by molar-refractivity contribution is 0.153. The molecule has 2 fully saturated rings. The minimum absolute atomic E-state index is 0.613. The highest BCUT2D eigenvalue weighted by Gasteiger charge is 2.35. The van der Waals surface area contributed by atoms with Crippen LogP contribution in [0.4, 0.5) is 0 Å². The molecular weight excluding hydrogens is 308 g/mol. The van der Waals surface area contributed by atoms with Gasteiger partial charge in [-0.25, -0.2) is 0 Å². The molecule has 0 amide bonds.